The number of hydrogen-bond acceptors (Lipinski definition) is 1. The van der Waals surface area contributed by atoms with Crippen LogP contribution in [0.3, 0.4) is 0 Å². The Labute approximate surface area is 90.2 Å². The molecule has 1 rings (SSSR count). The largest absolute Gasteiger partial charge is 0.465 e. The zero-order valence-corrected chi connectivity index (χ0v) is 9.46. The van der Waals surface area contributed by atoms with Crippen molar-refractivity contribution >= 4 is 40.3 Å². The zero-order valence-electron chi connectivity index (χ0n) is 6.54. The summed E-state index contributed by atoms with van der Waals surface area (Å²) in [6.07, 6.45) is 1.15. The number of alkyl halides is 2. The summed E-state index contributed by atoms with van der Waals surface area (Å²) < 4.78 is 0.0475. The summed E-state index contributed by atoms with van der Waals surface area (Å²) in [5, 5.41) is 8.80. The molecule has 3 nitrogen and oxygen atoms in total. The van der Waals surface area contributed by atoms with Gasteiger partial charge in [-0.15, -0.1) is 11.6 Å². The Hall–Kier alpha value is 0.290. The third-order valence-corrected chi connectivity index (χ3v) is 4.19. The first-order chi connectivity index (χ1) is 5.66. The molecule has 0 aromatic rings. The second-order valence-corrected chi connectivity index (χ2v) is 4.49. The van der Waals surface area contributed by atoms with Crippen molar-refractivity contribution in [3.8, 4) is 0 Å². The third-order valence-electron chi connectivity index (χ3n) is 2.10. The van der Waals surface area contributed by atoms with Gasteiger partial charge in [0.05, 0.1) is 4.05 Å². The number of piperidine rings is 1. The van der Waals surface area contributed by atoms with E-state index in [1.807, 2.05) is 0 Å². The van der Waals surface area contributed by atoms with Gasteiger partial charge in [0, 0.05) is 18.3 Å². The van der Waals surface area contributed by atoms with E-state index < -0.39 is 6.09 Å². The lowest BCUT2D eigenvalue weighted by molar-refractivity contribution is 0.118. The van der Waals surface area contributed by atoms with Crippen LogP contribution in [0.25, 0.3) is 0 Å². The van der Waals surface area contributed by atoms with Crippen LogP contribution in [0, 0.1) is 5.92 Å². The highest BCUT2D eigenvalue weighted by molar-refractivity contribution is 14.1. The molecule has 1 aliphatic rings. The van der Waals surface area contributed by atoms with Gasteiger partial charge >= 0.3 is 6.09 Å². The number of carboxylic acid groups (broad SMARTS) is 1. The van der Waals surface area contributed by atoms with Crippen molar-refractivity contribution in [1.82, 2.24) is 4.90 Å². The van der Waals surface area contributed by atoms with Crippen LogP contribution in [0.15, 0.2) is 0 Å². The second kappa shape index (κ2) is 4.50. The van der Waals surface area contributed by atoms with Crippen LogP contribution in [-0.4, -0.2) is 32.6 Å². The minimum atomic E-state index is -0.829. The lowest BCUT2D eigenvalue weighted by atomic mass is 10.0. The Bertz CT molecular complexity index is 179. The second-order valence-electron chi connectivity index (χ2n) is 2.91. The molecular formula is C7H11ClINO2. The Morgan fingerprint density at radius 1 is 1.75 bits per heavy atom. The summed E-state index contributed by atoms with van der Waals surface area (Å²) in [5.41, 5.74) is 0. The normalized spacial score (nSPS) is 30.3. The number of likely N-dealkylation sites (tertiary alicyclic amines) is 1. The molecule has 0 saturated carbocycles. The van der Waals surface area contributed by atoms with Crippen molar-refractivity contribution in [1.29, 1.82) is 0 Å². The van der Waals surface area contributed by atoms with E-state index in [9.17, 15) is 4.79 Å². The average molecular weight is 304 g/mol. The summed E-state index contributed by atoms with van der Waals surface area (Å²) >= 11 is 7.88. The molecule has 1 aliphatic heterocycles. The van der Waals surface area contributed by atoms with Crippen LogP contribution >= 0.6 is 34.2 Å². The molecule has 0 bridgehead atoms. The Morgan fingerprint density at radius 3 is 2.92 bits per heavy atom. The van der Waals surface area contributed by atoms with E-state index in [0.29, 0.717) is 18.3 Å². The van der Waals surface area contributed by atoms with Crippen LogP contribution < -0.4 is 0 Å². The zero-order chi connectivity index (χ0) is 9.14. The van der Waals surface area contributed by atoms with Gasteiger partial charge in [-0.1, -0.05) is 22.6 Å². The first-order valence-electron chi connectivity index (χ1n) is 3.86. The summed E-state index contributed by atoms with van der Waals surface area (Å²) in [5.74, 6) is 0.870. The van der Waals surface area contributed by atoms with E-state index in [-0.39, 0.29) is 4.05 Å². The SMILES string of the molecule is O=C(O)N1CCCC(CCl)C1I. The molecule has 2 atom stereocenters. The first kappa shape index (κ1) is 10.4. The van der Waals surface area contributed by atoms with Crippen molar-refractivity contribution < 1.29 is 9.90 Å². The molecule has 1 N–H and O–H groups in total. The molecule has 1 amide bonds. The first-order valence-corrected chi connectivity index (χ1v) is 5.64. The van der Waals surface area contributed by atoms with Crippen molar-refractivity contribution in [2.24, 2.45) is 5.92 Å². The molecule has 1 saturated heterocycles. The predicted molar refractivity (Wildman–Crippen MR) is 56.0 cm³/mol. The lowest BCUT2D eigenvalue weighted by Gasteiger charge is -2.35. The van der Waals surface area contributed by atoms with Crippen LogP contribution in [-0.2, 0) is 0 Å². The van der Waals surface area contributed by atoms with Crippen LogP contribution in [0.4, 0.5) is 4.79 Å². The molecule has 12 heavy (non-hydrogen) atoms. The minimum absolute atomic E-state index is 0.0475. The highest BCUT2D eigenvalue weighted by Gasteiger charge is 2.31. The molecule has 2 unspecified atom stereocenters. The van der Waals surface area contributed by atoms with Gasteiger partial charge in [0.15, 0.2) is 0 Å². The number of amides is 1. The van der Waals surface area contributed by atoms with E-state index in [4.69, 9.17) is 16.7 Å². The van der Waals surface area contributed by atoms with E-state index in [0.717, 1.165) is 12.8 Å². The highest BCUT2D eigenvalue weighted by Crippen LogP contribution is 2.28. The standard InChI is InChI=1S/C7H11ClINO2/c8-4-5-2-1-3-10(6(5)9)7(11)12/h5-6H,1-4H2,(H,11,12). The van der Waals surface area contributed by atoms with Gasteiger partial charge in [-0.2, -0.15) is 0 Å². The van der Waals surface area contributed by atoms with E-state index in [1.165, 1.54) is 4.90 Å². The van der Waals surface area contributed by atoms with Crippen molar-refractivity contribution in [2.75, 3.05) is 12.4 Å². The van der Waals surface area contributed by atoms with Gasteiger partial charge < -0.3 is 5.11 Å². The molecule has 5 heteroatoms. The molecule has 1 fully saturated rings. The minimum Gasteiger partial charge on any atom is -0.465 e. The molecule has 70 valence electrons. The highest BCUT2D eigenvalue weighted by atomic mass is 127. The Kier molecular flexibility index (Phi) is 3.89. The summed E-state index contributed by atoms with van der Waals surface area (Å²) in [6.45, 7) is 0.649. The van der Waals surface area contributed by atoms with Gasteiger partial charge in [0.25, 0.3) is 0 Å². The van der Waals surface area contributed by atoms with E-state index in [2.05, 4.69) is 22.6 Å². The predicted octanol–water partition coefficient (Wildman–Crippen LogP) is 2.38. The Balaban J connectivity index is 2.59. The monoisotopic (exact) mass is 303 g/mol. The Morgan fingerprint density at radius 2 is 2.42 bits per heavy atom. The molecule has 0 aromatic carbocycles. The number of halogens is 2. The van der Waals surface area contributed by atoms with E-state index >= 15 is 0 Å². The van der Waals surface area contributed by atoms with Gasteiger partial charge in [-0.25, -0.2) is 4.79 Å². The average Bonchev–Trinajstić information content (AvgIpc) is 2.04. The van der Waals surface area contributed by atoms with E-state index in [1.54, 1.807) is 0 Å². The maximum absolute atomic E-state index is 10.7. The quantitative estimate of drug-likeness (QED) is 0.459. The van der Waals surface area contributed by atoms with Crippen molar-refractivity contribution in [3.05, 3.63) is 0 Å². The number of carbonyl (C=O) groups is 1. The number of rotatable bonds is 1. The molecule has 0 radical (unpaired) electrons. The van der Waals surface area contributed by atoms with Crippen molar-refractivity contribution in [2.45, 2.75) is 16.9 Å². The fourth-order valence-electron chi connectivity index (χ4n) is 1.39. The molecule has 1 heterocycles. The maximum Gasteiger partial charge on any atom is 0.408 e. The lowest BCUT2D eigenvalue weighted by Crippen LogP contribution is -2.44. The number of hydrogen-bond donors (Lipinski definition) is 1. The molecule has 0 aromatic heterocycles. The van der Waals surface area contributed by atoms with Crippen LogP contribution in [0.1, 0.15) is 12.8 Å². The van der Waals surface area contributed by atoms with Gasteiger partial charge in [0.2, 0.25) is 0 Å². The molecule has 0 aliphatic carbocycles. The maximum atomic E-state index is 10.7. The summed E-state index contributed by atoms with van der Waals surface area (Å²) in [6, 6.07) is 0. The molecular weight excluding hydrogens is 292 g/mol. The summed E-state index contributed by atoms with van der Waals surface area (Å²) in [7, 11) is 0. The number of nitrogens with zero attached hydrogens (tertiary/aromatic N) is 1. The van der Waals surface area contributed by atoms with Gasteiger partial charge in [-0.3, -0.25) is 4.90 Å². The molecule has 0 spiro atoms. The van der Waals surface area contributed by atoms with Crippen molar-refractivity contribution in [3.63, 3.8) is 0 Å². The fourth-order valence-corrected chi connectivity index (χ4v) is 3.15. The summed E-state index contributed by atoms with van der Waals surface area (Å²) in [4.78, 5) is 12.2. The van der Waals surface area contributed by atoms with Gasteiger partial charge in [-0.05, 0) is 12.8 Å². The fraction of sp³-hybridized carbons (Fsp3) is 0.857. The van der Waals surface area contributed by atoms with Crippen LogP contribution in [0.5, 0.6) is 0 Å². The topological polar surface area (TPSA) is 40.5 Å². The van der Waals surface area contributed by atoms with Gasteiger partial charge in [0.1, 0.15) is 0 Å². The smallest absolute Gasteiger partial charge is 0.408 e. The third kappa shape index (κ3) is 2.16. The van der Waals surface area contributed by atoms with Crippen LogP contribution in [0.2, 0.25) is 0 Å².